The predicted octanol–water partition coefficient (Wildman–Crippen LogP) is 5.89. The molecule has 4 rings (SSSR count). The molecular formula is C20H16Cl2N4OS. The number of furan rings is 1. The molecule has 0 unspecified atom stereocenters. The minimum atomic E-state index is 0.378. The third-order valence-corrected chi connectivity index (χ3v) is 5.62. The van der Waals surface area contributed by atoms with Crippen LogP contribution in [0.1, 0.15) is 16.9 Å². The van der Waals surface area contributed by atoms with E-state index in [1.807, 2.05) is 31.2 Å². The topological polar surface area (TPSA) is 56.7 Å². The first-order valence-corrected chi connectivity index (χ1v) is 10.3. The number of benzene rings is 1. The molecule has 8 heteroatoms. The third kappa shape index (κ3) is 4.24. The number of rotatable bonds is 6. The lowest BCUT2D eigenvalue weighted by Gasteiger charge is -2.10. The van der Waals surface area contributed by atoms with Crippen LogP contribution in [0, 0.1) is 6.92 Å². The number of thioether (sulfide) groups is 1. The number of nitrogens with zero attached hydrogens (tertiary/aromatic N) is 4. The standard InChI is InChI=1S/C20H16Cl2N4OS/c1-13-16(7-8-27-13)19-24-25-20(26(19)11-14-5-3-2-4-6-14)28-12-15-9-17(21)23-18(22)10-15/h2-10H,11-12H2,1H3. The van der Waals surface area contributed by atoms with Crippen molar-refractivity contribution in [3.63, 3.8) is 0 Å². The van der Waals surface area contributed by atoms with Gasteiger partial charge >= 0.3 is 0 Å². The Balaban J connectivity index is 1.66. The maximum atomic E-state index is 6.01. The van der Waals surface area contributed by atoms with E-state index in [0.29, 0.717) is 22.6 Å². The van der Waals surface area contributed by atoms with Gasteiger partial charge in [0.1, 0.15) is 16.1 Å². The Morgan fingerprint density at radius 1 is 1.00 bits per heavy atom. The summed E-state index contributed by atoms with van der Waals surface area (Å²) in [6.45, 7) is 2.58. The first-order valence-electron chi connectivity index (χ1n) is 8.56. The van der Waals surface area contributed by atoms with Gasteiger partial charge in [0.15, 0.2) is 11.0 Å². The normalized spacial score (nSPS) is 11.1. The Labute approximate surface area is 176 Å². The molecule has 3 heterocycles. The maximum Gasteiger partial charge on any atom is 0.192 e. The van der Waals surface area contributed by atoms with Crippen LogP contribution in [0.2, 0.25) is 10.3 Å². The largest absolute Gasteiger partial charge is 0.469 e. The fourth-order valence-electron chi connectivity index (χ4n) is 2.87. The van der Waals surface area contributed by atoms with Crippen LogP contribution in [0.3, 0.4) is 0 Å². The lowest BCUT2D eigenvalue weighted by molar-refractivity contribution is 0.534. The second-order valence-electron chi connectivity index (χ2n) is 6.18. The van der Waals surface area contributed by atoms with Gasteiger partial charge in [0, 0.05) is 5.75 Å². The van der Waals surface area contributed by atoms with Crippen LogP contribution in [0.5, 0.6) is 0 Å². The molecule has 0 N–H and O–H groups in total. The van der Waals surface area contributed by atoms with Crippen molar-refractivity contribution in [2.45, 2.75) is 24.4 Å². The zero-order chi connectivity index (χ0) is 19.5. The Kier molecular flexibility index (Phi) is 5.71. The molecule has 28 heavy (non-hydrogen) atoms. The van der Waals surface area contributed by atoms with E-state index < -0.39 is 0 Å². The highest BCUT2D eigenvalue weighted by Gasteiger charge is 2.18. The van der Waals surface area contributed by atoms with E-state index in [9.17, 15) is 0 Å². The monoisotopic (exact) mass is 430 g/mol. The van der Waals surface area contributed by atoms with E-state index in [0.717, 1.165) is 27.9 Å². The Morgan fingerprint density at radius 2 is 1.75 bits per heavy atom. The molecule has 142 valence electrons. The van der Waals surface area contributed by atoms with Crippen molar-refractivity contribution >= 4 is 35.0 Å². The second-order valence-corrected chi connectivity index (χ2v) is 7.89. The highest BCUT2D eigenvalue weighted by molar-refractivity contribution is 7.98. The summed E-state index contributed by atoms with van der Waals surface area (Å²) in [5.41, 5.74) is 3.08. The van der Waals surface area contributed by atoms with Gasteiger partial charge in [0.25, 0.3) is 0 Å². The molecule has 0 fully saturated rings. The summed E-state index contributed by atoms with van der Waals surface area (Å²) in [7, 11) is 0. The van der Waals surface area contributed by atoms with Gasteiger partial charge in [0.2, 0.25) is 0 Å². The van der Waals surface area contributed by atoms with Gasteiger partial charge in [-0.15, -0.1) is 10.2 Å². The molecule has 1 aromatic carbocycles. The lowest BCUT2D eigenvalue weighted by Crippen LogP contribution is -2.04. The molecule has 0 aliphatic carbocycles. The van der Waals surface area contributed by atoms with Gasteiger partial charge in [-0.25, -0.2) is 4.98 Å². The van der Waals surface area contributed by atoms with E-state index in [1.165, 1.54) is 5.56 Å². The van der Waals surface area contributed by atoms with Crippen LogP contribution in [0.4, 0.5) is 0 Å². The number of halogens is 2. The molecule has 0 aliphatic heterocycles. The molecule has 0 aliphatic rings. The number of aryl methyl sites for hydroxylation is 1. The number of pyridine rings is 1. The summed E-state index contributed by atoms with van der Waals surface area (Å²) in [4.78, 5) is 3.99. The van der Waals surface area contributed by atoms with Gasteiger partial charge in [-0.1, -0.05) is 65.3 Å². The molecule has 0 atom stereocenters. The van der Waals surface area contributed by atoms with Crippen LogP contribution < -0.4 is 0 Å². The molecule has 4 aromatic rings. The fraction of sp³-hybridized carbons (Fsp3) is 0.150. The predicted molar refractivity (Wildman–Crippen MR) is 112 cm³/mol. The van der Waals surface area contributed by atoms with Crippen molar-refractivity contribution in [3.05, 3.63) is 82.0 Å². The fourth-order valence-corrected chi connectivity index (χ4v) is 4.24. The van der Waals surface area contributed by atoms with E-state index >= 15 is 0 Å². The Hall–Kier alpha value is -2.28. The van der Waals surface area contributed by atoms with Crippen LogP contribution in [0.25, 0.3) is 11.4 Å². The summed E-state index contributed by atoms with van der Waals surface area (Å²) < 4.78 is 7.56. The van der Waals surface area contributed by atoms with Gasteiger partial charge in [-0.3, -0.25) is 4.57 Å². The molecule has 3 aromatic heterocycles. The number of aromatic nitrogens is 4. The molecule has 5 nitrogen and oxygen atoms in total. The number of hydrogen-bond donors (Lipinski definition) is 0. The summed E-state index contributed by atoms with van der Waals surface area (Å²) in [6.07, 6.45) is 1.67. The zero-order valence-electron chi connectivity index (χ0n) is 15.0. The lowest BCUT2D eigenvalue weighted by atomic mass is 10.2. The van der Waals surface area contributed by atoms with E-state index in [-0.39, 0.29) is 0 Å². The quantitative estimate of drug-likeness (QED) is 0.282. The summed E-state index contributed by atoms with van der Waals surface area (Å²) in [6, 6.07) is 15.7. The van der Waals surface area contributed by atoms with Crippen LogP contribution in [-0.2, 0) is 12.3 Å². The van der Waals surface area contributed by atoms with Crippen molar-refractivity contribution in [2.24, 2.45) is 0 Å². The smallest absolute Gasteiger partial charge is 0.192 e. The van der Waals surface area contributed by atoms with Gasteiger partial charge < -0.3 is 4.42 Å². The molecule has 0 saturated heterocycles. The first kappa shape index (κ1) is 19.1. The molecule has 0 bridgehead atoms. The Bertz CT molecular complexity index is 1070. The highest BCUT2D eigenvalue weighted by atomic mass is 35.5. The van der Waals surface area contributed by atoms with Gasteiger partial charge in [0.05, 0.1) is 18.4 Å². The van der Waals surface area contributed by atoms with Crippen LogP contribution in [0.15, 0.2) is 64.4 Å². The summed E-state index contributed by atoms with van der Waals surface area (Å²) in [5.74, 6) is 2.24. The highest BCUT2D eigenvalue weighted by Crippen LogP contribution is 2.30. The average Bonchev–Trinajstić information content (AvgIpc) is 3.26. The summed E-state index contributed by atoms with van der Waals surface area (Å²) in [5, 5.41) is 10.4. The molecule has 0 amide bonds. The van der Waals surface area contributed by atoms with Crippen molar-refractivity contribution in [3.8, 4) is 11.4 Å². The number of hydrogen-bond acceptors (Lipinski definition) is 5. The van der Waals surface area contributed by atoms with Crippen LogP contribution >= 0.6 is 35.0 Å². The molecular weight excluding hydrogens is 415 g/mol. The van der Waals surface area contributed by atoms with Gasteiger partial charge in [-0.05, 0) is 36.2 Å². The zero-order valence-corrected chi connectivity index (χ0v) is 17.3. The SMILES string of the molecule is Cc1occc1-c1nnc(SCc2cc(Cl)nc(Cl)c2)n1Cc1ccccc1. The van der Waals surface area contributed by atoms with Crippen molar-refractivity contribution in [1.29, 1.82) is 0 Å². The van der Waals surface area contributed by atoms with Gasteiger partial charge in [-0.2, -0.15) is 0 Å². The summed E-state index contributed by atoms with van der Waals surface area (Å²) >= 11 is 13.6. The molecule has 0 radical (unpaired) electrons. The van der Waals surface area contributed by atoms with Crippen molar-refractivity contribution < 1.29 is 4.42 Å². The van der Waals surface area contributed by atoms with E-state index in [4.69, 9.17) is 27.6 Å². The average molecular weight is 431 g/mol. The van der Waals surface area contributed by atoms with Crippen LogP contribution in [-0.4, -0.2) is 19.7 Å². The minimum absolute atomic E-state index is 0.378. The minimum Gasteiger partial charge on any atom is -0.469 e. The molecule has 0 saturated carbocycles. The van der Waals surface area contributed by atoms with E-state index in [1.54, 1.807) is 30.2 Å². The Morgan fingerprint density at radius 3 is 2.43 bits per heavy atom. The maximum absolute atomic E-state index is 6.01. The van der Waals surface area contributed by atoms with Crippen molar-refractivity contribution in [1.82, 2.24) is 19.7 Å². The second kappa shape index (κ2) is 8.39. The third-order valence-electron chi connectivity index (χ3n) is 4.19. The van der Waals surface area contributed by atoms with Crippen molar-refractivity contribution in [2.75, 3.05) is 0 Å². The molecule has 0 spiro atoms. The van der Waals surface area contributed by atoms with E-state index in [2.05, 4.69) is 31.9 Å². The first-order chi connectivity index (χ1) is 13.6.